The Morgan fingerprint density at radius 2 is 2.21 bits per heavy atom. The van der Waals surface area contributed by atoms with Crippen molar-refractivity contribution in [2.75, 3.05) is 5.32 Å². The van der Waals surface area contributed by atoms with Gasteiger partial charge in [-0.2, -0.15) is 0 Å². The molecule has 5 heteroatoms. The molecule has 0 aromatic carbocycles. The normalized spacial score (nSPS) is 10.6. The van der Waals surface area contributed by atoms with Crippen LogP contribution >= 0.6 is 11.3 Å². The fourth-order valence-corrected chi connectivity index (χ4v) is 2.93. The lowest BCUT2D eigenvalue weighted by molar-refractivity contribution is -0.114. The highest BCUT2D eigenvalue weighted by Gasteiger charge is 2.09. The first-order valence-electron chi connectivity index (χ1n) is 5.80. The fraction of sp³-hybridized carbons (Fsp3) is 0.0714. The van der Waals surface area contributed by atoms with E-state index >= 15 is 0 Å². The number of carbonyl (C=O) groups is 1. The summed E-state index contributed by atoms with van der Waals surface area (Å²) in [6.07, 6.45) is 5.29. The highest BCUT2D eigenvalue weighted by atomic mass is 32.1. The molecule has 3 rings (SSSR count). The number of nitrogens with zero attached hydrogens (tertiary/aromatic N) is 2. The van der Waals surface area contributed by atoms with Crippen LogP contribution in [-0.2, 0) is 4.79 Å². The van der Waals surface area contributed by atoms with Crippen LogP contribution in [0.3, 0.4) is 0 Å². The summed E-state index contributed by atoms with van der Waals surface area (Å²) in [5.41, 5.74) is 1.07. The molecule has 19 heavy (non-hydrogen) atoms. The van der Waals surface area contributed by atoms with Crippen LogP contribution in [0.4, 0.5) is 5.82 Å². The van der Waals surface area contributed by atoms with Crippen molar-refractivity contribution in [1.82, 2.24) is 9.97 Å². The summed E-state index contributed by atoms with van der Waals surface area (Å²) in [4.78, 5) is 20.6. The second-order valence-corrected chi connectivity index (χ2v) is 5.19. The molecule has 0 saturated carbocycles. The van der Waals surface area contributed by atoms with Crippen molar-refractivity contribution in [3.8, 4) is 10.4 Å². The average Bonchev–Trinajstić information content (AvgIpc) is 2.84. The maximum absolute atomic E-state index is 11.2. The number of amides is 1. The highest BCUT2D eigenvalue weighted by molar-refractivity contribution is 7.22. The Morgan fingerprint density at radius 3 is 2.95 bits per heavy atom. The number of rotatable bonds is 2. The third-order valence-electron chi connectivity index (χ3n) is 2.69. The minimum atomic E-state index is -0.117. The van der Waals surface area contributed by atoms with Crippen molar-refractivity contribution in [3.05, 3.63) is 42.9 Å². The third-order valence-corrected chi connectivity index (χ3v) is 3.84. The second-order valence-electron chi connectivity index (χ2n) is 4.10. The van der Waals surface area contributed by atoms with Crippen LogP contribution in [0.25, 0.3) is 20.5 Å². The van der Waals surface area contributed by atoms with E-state index in [4.69, 9.17) is 0 Å². The number of nitrogens with one attached hydrogen (secondary N) is 1. The molecule has 0 aliphatic heterocycles. The van der Waals surface area contributed by atoms with Gasteiger partial charge in [-0.1, -0.05) is 6.07 Å². The summed E-state index contributed by atoms with van der Waals surface area (Å²) < 4.78 is 1.10. The number of hydrogen-bond donors (Lipinski definition) is 1. The van der Waals surface area contributed by atoms with Crippen LogP contribution in [0.1, 0.15) is 6.92 Å². The van der Waals surface area contributed by atoms with Crippen molar-refractivity contribution in [2.45, 2.75) is 6.92 Å². The number of hydrogen-bond acceptors (Lipinski definition) is 4. The maximum atomic E-state index is 11.2. The first-order chi connectivity index (χ1) is 9.24. The van der Waals surface area contributed by atoms with Crippen molar-refractivity contribution in [3.63, 3.8) is 0 Å². The standard InChI is InChI=1S/C14H11N3OS/c1-9(18)17-14-11-7-13(10-3-2-5-15-8-10)19-12(11)4-6-16-14/h2-8H,1H3,(H,16,17,18). The van der Waals surface area contributed by atoms with Crippen LogP contribution in [0, 0.1) is 0 Å². The molecule has 0 saturated heterocycles. The molecular weight excluding hydrogens is 258 g/mol. The number of thiophene rings is 1. The molecule has 3 heterocycles. The molecule has 0 unspecified atom stereocenters. The van der Waals surface area contributed by atoms with Crippen molar-refractivity contribution in [1.29, 1.82) is 0 Å². The number of fused-ring (bicyclic) bond motifs is 1. The van der Waals surface area contributed by atoms with Gasteiger partial charge in [-0.15, -0.1) is 11.3 Å². The quantitative estimate of drug-likeness (QED) is 0.776. The summed E-state index contributed by atoms with van der Waals surface area (Å²) in [6.45, 7) is 1.48. The molecule has 94 valence electrons. The van der Waals surface area contributed by atoms with Gasteiger partial charge in [0.15, 0.2) is 0 Å². The van der Waals surface area contributed by atoms with Crippen molar-refractivity contribution in [2.24, 2.45) is 0 Å². The van der Waals surface area contributed by atoms with Gasteiger partial charge < -0.3 is 5.32 Å². The Balaban J connectivity index is 2.13. The van der Waals surface area contributed by atoms with E-state index in [2.05, 4.69) is 15.3 Å². The van der Waals surface area contributed by atoms with E-state index in [0.29, 0.717) is 5.82 Å². The zero-order valence-electron chi connectivity index (χ0n) is 10.3. The minimum Gasteiger partial charge on any atom is -0.310 e. The zero-order valence-corrected chi connectivity index (χ0v) is 11.1. The molecule has 1 amide bonds. The summed E-state index contributed by atoms with van der Waals surface area (Å²) in [5, 5.41) is 3.71. The first-order valence-corrected chi connectivity index (χ1v) is 6.62. The Kier molecular flexibility index (Phi) is 2.97. The minimum absolute atomic E-state index is 0.117. The molecule has 0 atom stereocenters. The van der Waals surface area contributed by atoms with Gasteiger partial charge in [0.25, 0.3) is 0 Å². The predicted molar refractivity (Wildman–Crippen MR) is 77.2 cm³/mol. The van der Waals surface area contributed by atoms with Crippen LogP contribution in [0.5, 0.6) is 0 Å². The zero-order chi connectivity index (χ0) is 13.2. The fourth-order valence-electron chi connectivity index (χ4n) is 1.88. The van der Waals surface area contributed by atoms with Gasteiger partial charge in [0.1, 0.15) is 5.82 Å². The van der Waals surface area contributed by atoms with Gasteiger partial charge in [0, 0.05) is 46.0 Å². The molecule has 1 N–H and O–H groups in total. The summed E-state index contributed by atoms with van der Waals surface area (Å²) in [7, 11) is 0. The van der Waals surface area contributed by atoms with Crippen LogP contribution in [0.15, 0.2) is 42.9 Å². The molecule has 0 bridgehead atoms. The number of aromatic nitrogens is 2. The molecule has 3 aromatic heterocycles. The molecule has 0 aliphatic rings. The Labute approximate surface area is 114 Å². The van der Waals surface area contributed by atoms with E-state index in [1.165, 1.54) is 6.92 Å². The lowest BCUT2D eigenvalue weighted by Gasteiger charge is -2.01. The lowest BCUT2D eigenvalue weighted by atomic mass is 10.2. The van der Waals surface area contributed by atoms with Gasteiger partial charge in [0.05, 0.1) is 0 Å². The van der Waals surface area contributed by atoms with Gasteiger partial charge in [-0.3, -0.25) is 9.78 Å². The van der Waals surface area contributed by atoms with E-state index in [1.54, 1.807) is 23.7 Å². The van der Waals surface area contributed by atoms with Crippen LogP contribution in [-0.4, -0.2) is 15.9 Å². The maximum Gasteiger partial charge on any atom is 0.222 e. The smallest absolute Gasteiger partial charge is 0.222 e. The Hall–Kier alpha value is -2.27. The van der Waals surface area contributed by atoms with Crippen molar-refractivity contribution < 1.29 is 4.79 Å². The number of anilines is 1. The third kappa shape index (κ3) is 2.32. The SMILES string of the molecule is CC(=O)Nc1nccc2sc(-c3cccnc3)cc12. The molecule has 0 fully saturated rings. The Bertz CT molecular complexity index is 737. The van der Waals surface area contributed by atoms with E-state index in [0.717, 1.165) is 20.5 Å². The predicted octanol–water partition coefficient (Wildman–Crippen LogP) is 3.32. The largest absolute Gasteiger partial charge is 0.310 e. The first kappa shape index (κ1) is 11.8. The van der Waals surface area contributed by atoms with E-state index in [-0.39, 0.29) is 5.91 Å². The molecule has 0 radical (unpaired) electrons. The van der Waals surface area contributed by atoms with Crippen LogP contribution in [0.2, 0.25) is 0 Å². The molecule has 3 aromatic rings. The molecule has 0 aliphatic carbocycles. The van der Waals surface area contributed by atoms with E-state index in [9.17, 15) is 4.79 Å². The van der Waals surface area contributed by atoms with E-state index in [1.807, 2.05) is 30.5 Å². The monoisotopic (exact) mass is 269 g/mol. The second kappa shape index (κ2) is 4.78. The molecular formula is C14H11N3OS. The lowest BCUT2D eigenvalue weighted by Crippen LogP contribution is -2.07. The van der Waals surface area contributed by atoms with Crippen LogP contribution < -0.4 is 5.32 Å². The summed E-state index contributed by atoms with van der Waals surface area (Å²) in [5.74, 6) is 0.491. The molecule has 4 nitrogen and oxygen atoms in total. The van der Waals surface area contributed by atoms with Crippen molar-refractivity contribution >= 4 is 33.1 Å². The Morgan fingerprint density at radius 1 is 1.32 bits per heavy atom. The summed E-state index contributed by atoms with van der Waals surface area (Å²) in [6, 6.07) is 7.91. The number of pyridine rings is 2. The summed E-state index contributed by atoms with van der Waals surface area (Å²) >= 11 is 1.66. The highest BCUT2D eigenvalue weighted by Crippen LogP contribution is 2.35. The van der Waals surface area contributed by atoms with Gasteiger partial charge in [0.2, 0.25) is 5.91 Å². The number of carbonyl (C=O) groups excluding carboxylic acids is 1. The van der Waals surface area contributed by atoms with Gasteiger partial charge >= 0.3 is 0 Å². The molecule has 0 spiro atoms. The average molecular weight is 269 g/mol. The topological polar surface area (TPSA) is 54.9 Å². The van der Waals surface area contributed by atoms with E-state index < -0.39 is 0 Å². The van der Waals surface area contributed by atoms with Gasteiger partial charge in [-0.05, 0) is 18.2 Å². The van der Waals surface area contributed by atoms with Gasteiger partial charge in [-0.25, -0.2) is 4.98 Å².